The lowest BCUT2D eigenvalue weighted by molar-refractivity contribution is 0.519. The normalized spacial score (nSPS) is 12.6. The van der Waals surface area contributed by atoms with Crippen LogP contribution < -0.4 is 11.3 Å². The van der Waals surface area contributed by atoms with Gasteiger partial charge >= 0.3 is 0 Å². The molecule has 0 spiro atoms. The first-order valence-corrected chi connectivity index (χ1v) is 4.61. The summed E-state index contributed by atoms with van der Waals surface area (Å²) in [4.78, 5) is 8.27. The Bertz CT molecular complexity index is 384. The highest BCUT2D eigenvalue weighted by molar-refractivity contribution is 5.07. The van der Waals surface area contributed by atoms with Gasteiger partial charge in [0.25, 0.3) is 0 Å². The first-order valence-electron chi connectivity index (χ1n) is 4.61. The number of nitrogens with zero attached hydrogens (tertiary/aromatic N) is 3. The van der Waals surface area contributed by atoms with E-state index in [1.165, 1.54) is 6.33 Å². The molecular weight excluding hydrogens is 192 g/mol. The van der Waals surface area contributed by atoms with Crippen LogP contribution in [0.25, 0.3) is 0 Å². The van der Waals surface area contributed by atoms with Crippen LogP contribution in [0.15, 0.2) is 30.7 Å². The lowest BCUT2D eigenvalue weighted by Crippen LogP contribution is -2.30. The van der Waals surface area contributed by atoms with Crippen LogP contribution in [0.1, 0.15) is 17.6 Å². The highest BCUT2D eigenvalue weighted by atomic mass is 15.3. The SMILES string of the molecule is NNC(Cc1ccccn1)c1ncn[nH]1. The Hall–Kier alpha value is -1.79. The van der Waals surface area contributed by atoms with E-state index >= 15 is 0 Å². The minimum absolute atomic E-state index is 0.0950. The minimum atomic E-state index is -0.0950. The van der Waals surface area contributed by atoms with Gasteiger partial charge < -0.3 is 0 Å². The third kappa shape index (κ3) is 2.36. The molecule has 6 heteroatoms. The summed E-state index contributed by atoms with van der Waals surface area (Å²) < 4.78 is 0. The molecule has 0 aliphatic carbocycles. The highest BCUT2D eigenvalue weighted by Crippen LogP contribution is 2.11. The number of aromatic amines is 1. The Morgan fingerprint density at radius 2 is 2.33 bits per heavy atom. The second-order valence-corrected chi connectivity index (χ2v) is 3.12. The van der Waals surface area contributed by atoms with Crippen molar-refractivity contribution < 1.29 is 0 Å². The minimum Gasteiger partial charge on any atom is -0.271 e. The monoisotopic (exact) mass is 204 g/mol. The van der Waals surface area contributed by atoms with E-state index in [0.29, 0.717) is 12.2 Å². The Morgan fingerprint density at radius 3 is 2.93 bits per heavy atom. The van der Waals surface area contributed by atoms with Gasteiger partial charge in [-0.05, 0) is 12.1 Å². The molecule has 0 aliphatic heterocycles. The molecule has 1 atom stereocenters. The summed E-state index contributed by atoms with van der Waals surface area (Å²) in [6, 6.07) is 5.67. The van der Waals surface area contributed by atoms with Crippen molar-refractivity contribution in [1.82, 2.24) is 25.6 Å². The molecule has 0 aliphatic rings. The second-order valence-electron chi connectivity index (χ2n) is 3.12. The fourth-order valence-corrected chi connectivity index (χ4v) is 1.35. The first kappa shape index (κ1) is 9.75. The van der Waals surface area contributed by atoms with Gasteiger partial charge in [0.15, 0.2) is 0 Å². The number of H-pyrrole nitrogens is 1. The van der Waals surface area contributed by atoms with Crippen LogP contribution in [0.5, 0.6) is 0 Å². The van der Waals surface area contributed by atoms with Gasteiger partial charge in [-0.25, -0.2) is 10.4 Å². The topological polar surface area (TPSA) is 92.5 Å². The van der Waals surface area contributed by atoms with Crippen molar-refractivity contribution in [2.24, 2.45) is 5.84 Å². The molecule has 2 heterocycles. The molecule has 78 valence electrons. The van der Waals surface area contributed by atoms with Crippen LogP contribution in [0.3, 0.4) is 0 Å². The largest absolute Gasteiger partial charge is 0.271 e. The number of hydrazine groups is 1. The van der Waals surface area contributed by atoms with Gasteiger partial charge in [-0.3, -0.25) is 15.9 Å². The molecule has 15 heavy (non-hydrogen) atoms. The number of aromatic nitrogens is 4. The maximum absolute atomic E-state index is 5.45. The molecule has 0 amide bonds. The molecule has 2 aromatic rings. The average Bonchev–Trinajstić information content (AvgIpc) is 2.81. The zero-order valence-corrected chi connectivity index (χ0v) is 8.09. The highest BCUT2D eigenvalue weighted by Gasteiger charge is 2.13. The summed E-state index contributed by atoms with van der Waals surface area (Å²) in [7, 11) is 0. The van der Waals surface area contributed by atoms with E-state index in [1.54, 1.807) is 6.20 Å². The van der Waals surface area contributed by atoms with Crippen LogP contribution in [0, 0.1) is 0 Å². The molecule has 2 rings (SSSR count). The fraction of sp³-hybridized carbons (Fsp3) is 0.222. The zero-order chi connectivity index (χ0) is 10.5. The number of hydrogen-bond donors (Lipinski definition) is 3. The molecule has 0 radical (unpaired) electrons. The summed E-state index contributed by atoms with van der Waals surface area (Å²) in [6.45, 7) is 0. The van der Waals surface area contributed by atoms with Gasteiger partial charge in [-0.15, -0.1) is 0 Å². The van der Waals surface area contributed by atoms with E-state index in [2.05, 4.69) is 25.6 Å². The van der Waals surface area contributed by atoms with E-state index in [-0.39, 0.29) is 6.04 Å². The fourth-order valence-electron chi connectivity index (χ4n) is 1.35. The Kier molecular flexibility index (Phi) is 3.01. The van der Waals surface area contributed by atoms with Crippen molar-refractivity contribution in [3.8, 4) is 0 Å². The Labute approximate surface area is 86.9 Å². The lowest BCUT2D eigenvalue weighted by Gasteiger charge is -2.11. The number of rotatable bonds is 4. The van der Waals surface area contributed by atoms with E-state index in [1.807, 2.05) is 18.2 Å². The van der Waals surface area contributed by atoms with Crippen LogP contribution in [-0.4, -0.2) is 20.2 Å². The molecule has 0 aromatic carbocycles. The maximum Gasteiger partial charge on any atom is 0.143 e. The van der Waals surface area contributed by atoms with Crippen molar-refractivity contribution in [3.63, 3.8) is 0 Å². The Balaban J connectivity index is 2.10. The summed E-state index contributed by atoms with van der Waals surface area (Å²) in [5.74, 6) is 6.16. The number of hydrogen-bond acceptors (Lipinski definition) is 5. The molecule has 1 unspecified atom stereocenters. The van der Waals surface area contributed by atoms with E-state index in [4.69, 9.17) is 5.84 Å². The molecular formula is C9H12N6. The van der Waals surface area contributed by atoms with Crippen LogP contribution in [-0.2, 0) is 6.42 Å². The number of nitrogens with two attached hydrogens (primary N) is 1. The van der Waals surface area contributed by atoms with E-state index in [0.717, 1.165) is 5.69 Å². The molecule has 0 saturated heterocycles. The van der Waals surface area contributed by atoms with Gasteiger partial charge in [-0.2, -0.15) is 5.10 Å². The smallest absolute Gasteiger partial charge is 0.143 e. The molecule has 4 N–H and O–H groups in total. The van der Waals surface area contributed by atoms with Crippen molar-refractivity contribution in [3.05, 3.63) is 42.2 Å². The van der Waals surface area contributed by atoms with Crippen molar-refractivity contribution in [1.29, 1.82) is 0 Å². The first-order chi connectivity index (χ1) is 7.40. The van der Waals surface area contributed by atoms with Gasteiger partial charge in [0.1, 0.15) is 12.2 Å². The summed E-state index contributed by atoms with van der Waals surface area (Å²) in [5.41, 5.74) is 3.63. The average molecular weight is 204 g/mol. The predicted molar refractivity (Wildman–Crippen MR) is 54.4 cm³/mol. The second kappa shape index (κ2) is 4.63. The van der Waals surface area contributed by atoms with Gasteiger partial charge in [0.2, 0.25) is 0 Å². The van der Waals surface area contributed by atoms with Crippen LogP contribution in [0.2, 0.25) is 0 Å². The standard InChI is InChI=1S/C9H12N6/c10-14-8(9-12-6-13-15-9)5-7-3-1-2-4-11-7/h1-4,6,8,14H,5,10H2,(H,12,13,15). The molecule has 0 bridgehead atoms. The maximum atomic E-state index is 5.45. The van der Waals surface area contributed by atoms with Crippen LogP contribution >= 0.6 is 0 Å². The quantitative estimate of drug-likeness (QED) is 0.479. The number of nitrogens with one attached hydrogen (secondary N) is 2. The van der Waals surface area contributed by atoms with E-state index in [9.17, 15) is 0 Å². The zero-order valence-electron chi connectivity index (χ0n) is 8.09. The molecule has 2 aromatic heterocycles. The van der Waals surface area contributed by atoms with Crippen molar-refractivity contribution >= 4 is 0 Å². The molecule has 6 nitrogen and oxygen atoms in total. The van der Waals surface area contributed by atoms with Gasteiger partial charge in [0.05, 0.1) is 6.04 Å². The Morgan fingerprint density at radius 1 is 1.40 bits per heavy atom. The van der Waals surface area contributed by atoms with Gasteiger partial charge in [0, 0.05) is 18.3 Å². The van der Waals surface area contributed by atoms with Crippen molar-refractivity contribution in [2.45, 2.75) is 12.5 Å². The molecule has 0 saturated carbocycles. The third-order valence-electron chi connectivity index (χ3n) is 2.10. The summed E-state index contributed by atoms with van der Waals surface area (Å²) in [6.07, 6.45) is 3.88. The lowest BCUT2D eigenvalue weighted by atomic mass is 10.1. The summed E-state index contributed by atoms with van der Waals surface area (Å²) in [5, 5.41) is 6.56. The van der Waals surface area contributed by atoms with Crippen LogP contribution in [0.4, 0.5) is 0 Å². The van der Waals surface area contributed by atoms with E-state index < -0.39 is 0 Å². The van der Waals surface area contributed by atoms with Gasteiger partial charge in [-0.1, -0.05) is 6.07 Å². The molecule has 0 fully saturated rings. The van der Waals surface area contributed by atoms with Crippen molar-refractivity contribution in [2.75, 3.05) is 0 Å². The predicted octanol–water partition coefficient (Wildman–Crippen LogP) is -0.0532. The summed E-state index contributed by atoms with van der Waals surface area (Å²) >= 11 is 0. The number of pyridine rings is 1. The third-order valence-corrected chi connectivity index (χ3v) is 2.10.